The van der Waals surface area contributed by atoms with Gasteiger partial charge < -0.3 is 5.11 Å². The van der Waals surface area contributed by atoms with Gasteiger partial charge in [0.2, 0.25) is 0 Å². The molecule has 1 atom stereocenters. The molecule has 0 saturated heterocycles. The molecule has 3 heterocycles. The van der Waals surface area contributed by atoms with Gasteiger partial charge in [0.15, 0.2) is 0 Å². The first-order valence-electron chi connectivity index (χ1n) is 8.89. The van der Waals surface area contributed by atoms with E-state index in [1.807, 2.05) is 29.9 Å². The Morgan fingerprint density at radius 3 is 2.92 bits per heavy atom. The van der Waals surface area contributed by atoms with Gasteiger partial charge in [-0.1, -0.05) is 6.92 Å². The maximum atomic E-state index is 13.8. The molecule has 0 fully saturated rings. The van der Waals surface area contributed by atoms with E-state index < -0.39 is 6.10 Å². The van der Waals surface area contributed by atoms with Crippen LogP contribution < -0.4 is 0 Å². The lowest BCUT2D eigenvalue weighted by molar-refractivity contribution is 0.166. The van der Waals surface area contributed by atoms with E-state index in [1.165, 1.54) is 6.07 Å². The third-order valence-electron chi connectivity index (χ3n) is 4.81. The molecule has 2 aromatic heterocycles. The van der Waals surface area contributed by atoms with Crippen molar-refractivity contribution < 1.29 is 9.50 Å². The van der Waals surface area contributed by atoms with Crippen LogP contribution >= 0.6 is 0 Å². The second kappa shape index (κ2) is 7.01. The van der Waals surface area contributed by atoms with Gasteiger partial charge in [0.05, 0.1) is 29.7 Å². The van der Waals surface area contributed by atoms with E-state index >= 15 is 0 Å². The van der Waals surface area contributed by atoms with Crippen LogP contribution in [0, 0.1) is 5.82 Å². The number of nitrogens with zero attached hydrogens (tertiary/aromatic N) is 5. The van der Waals surface area contributed by atoms with E-state index in [-0.39, 0.29) is 5.82 Å². The van der Waals surface area contributed by atoms with Crippen LogP contribution in [0.25, 0.3) is 5.69 Å². The van der Waals surface area contributed by atoms with Crippen LogP contribution in [0.15, 0.2) is 42.7 Å². The highest BCUT2D eigenvalue weighted by atomic mass is 19.1. The Hall–Kier alpha value is -2.51. The summed E-state index contributed by atoms with van der Waals surface area (Å²) in [5.74, 6) is -0.244. The largest absolute Gasteiger partial charge is 0.387 e. The van der Waals surface area contributed by atoms with Gasteiger partial charge in [-0.25, -0.2) is 9.07 Å². The lowest BCUT2D eigenvalue weighted by Crippen LogP contribution is -2.33. The molecule has 0 aliphatic carbocycles. The van der Waals surface area contributed by atoms with Crippen LogP contribution in [-0.4, -0.2) is 36.1 Å². The lowest BCUT2D eigenvalue weighted by atomic mass is 10.1. The Balaban J connectivity index is 1.56. The molecule has 4 rings (SSSR count). The Morgan fingerprint density at radius 2 is 2.15 bits per heavy atom. The molecule has 1 aliphatic heterocycles. The average molecular weight is 355 g/mol. The molecule has 0 amide bonds. The van der Waals surface area contributed by atoms with Gasteiger partial charge in [-0.2, -0.15) is 10.2 Å². The molecule has 0 radical (unpaired) electrons. The van der Waals surface area contributed by atoms with Crippen LogP contribution in [0.2, 0.25) is 0 Å². The van der Waals surface area contributed by atoms with Gasteiger partial charge in [0.1, 0.15) is 5.82 Å². The number of hydrogen-bond donors (Lipinski definition) is 1. The molecule has 0 unspecified atom stereocenters. The topological polar surface area (TPSA) is 59.1 Å². The van der Waals surface area contributed by atoms with Crippen molar-refractivity contribution in [2.24, 2.45) is 0 Å². The molecule has 1 aliphatic rings. The molecule has 7 heteroatoms. The first-order valence-corrected chi connectivity index (χ1v) is 8.89. The number of hydrogen-bond acceptors (Lipinski definition) is 4. The first-order chi connectivity index (χ1) is 12.6. The number of aromatic nitrogens is 4. The average Bonchev–Trinajstić information content (AvgIpc) is 3.30. The quantitative estimate of drug-likeness (QED) is 0.764. The summed E-state index contributed by atoms with van der Waals surface area (Å²) in [6.07, 6.45) is 3.71. The minimum absolute atomic E-state index is 0.244. The number of benzene rings is 1. The Labute approximate surface area is 151 Å². The molecule has 0 saturated carbocycles. The summed E-state index contributed by atoms with van der Waals surface area (Å²) in [7, 11) is 0. The highest BCUT2D eigenvalue weighted by Crippen LogP contribution is 2.23. The predicted molar refractivity (Wildman–Crippen MR) is 95.1 cm³/mol. The SMILES string of the molecule is CC[C@H](O)c1cc2n(n1)CCN(Cc1cc(F)ccc1-n1cccn1)C2. The van der Waals surface area contributed by atoms with E-state index in [4.69, 9.17) is 0 Å². The predicted octanol–water partition coefficient (Wildman–Crippen LogP) is 2.67. The van der Waals surface area contributed by atoms with Crippen molar-refractivity contribution in [3.05, 3.63) is 65.5 Å². The van der Waals surface area contributed by atoms with Crippen molar-refractivity contribution in [2.45, 2.75) is 39.1 Å². The highest BCUT2D eigenvalue weighted by molar-refractivity contribution is 5.40. The minimum atomic E-state index is -0.517. The molecular formula is C19H22FN5O. The maximum absolute atomic E-state index is 13.8. The first kappa shape index (κ1) is 16.9. The fourth-order valence-electron chi connectivity index (χ4n) is 3.41. The number of aliphatic hydroxyl groups is 1. The number of halogens is 1. The third-order valence-corrected chi connectivity index (χ3v) is 4.81. The summed E-state index contributed by atoms with van der Waals surface area (Å²) in [6.45, 7) is 4.88. The second-order valence-electron chi connectivity index (χ2n) is 6.64. The Bertz CT molecular complexity index is 889. The van der Waals surface area contributed by atoms with Crippen LogP contribution in [0.1, 0.15) is 36.4 Å². The van der Waals surface area contributed by atoms with Crippen LogP contribution in [-0.2, 0) is 19.6 Å². The normalized spacial score (nSPS) is 15.8. The van der Waals surface area contributed by atoms with Gasteiger partial charge >= 0.3 is 0 Å². The van der Waals surface area contributed by atoms with Gasteiger partial charge in [-0.05, 0) is 42.3 Å². The molecule has 6 nitrogen and oxygen atoms in total. The monoisotopic (exact) mass is 355 g/mol. The van der Waals surface area contributed by atoms with E-state index in [9.17, 15) is 9.50 Å². The van der Waals surface area contributed by atoms with Gasteiger partial charge in [0.25, 0.3) is 0 Å². The molecular weight excluding hydrogens is 333 g/mol. The summed E-state index contributed by atoms with van der Waals surface area (Å²) < 4.78 is 17.5. The Kier molecular flexibility index (Phi) is 4.57. The van der Waals surface area contributed by atoms with E-state index in [1.54, 1.807) is 23.0 Å². The standard InChI is InChI=1S/C19H22FN5O/c1-2-19(26)17-11-16-13-23(8-9-24(16)22-17)12-14-10-15(20)4-5-18(14)25-7-3-6-21-25/h3-7,10-11,19,26H,2,8-9,12-13H2,1H3/t19-/m0/s1. The van der Waals surface area contributed by atoms with Gasteiger partial charge in [-0.3, -0.25) is 9.58 Å². The zero-order valence-corrected chi connectivity index (χ0v) is 14.7. The summed E-state index contributed by atoms with van der Waals surface area (Å²) >= 11 is 0. The van der Waals surface area contributed by atoms with E-state index in [0.29, 0.717) is 13.0 Å². The van der Waals surface area contributed by atoms with Crippen LogP contribution in [0.5, 0.6) is 0 Å². The molecule has 3 aromatic rings. The van der Waals surface area contributed by atoms with Gasteiger partial charge in [-0.15, -0.1) is 0 Å². The summed E-state index contributed by atoms with van der Waals surface area (Å²) in [5.41, 5.74) is 3.59. The smallest absolute Gasteiger partial charge is 0.123 e. The van der Waals surface area contributed by atoms with E-state index in [0.717, 1.165) is 42.3 Å². The lowest BCUT2D eigenvalue weighted by Gasteiger charge is -2.28. The number of aliphatic hydroxyl groups excluding tert-OH is 1. The van der Waals surface area contributed by atoms with Crippen LogP contribution in [0.3, 0.4) is 0 Å². The van der Waals surface area contributed by atoms with Crippen molar-refractivity contribution in [1.29, 1.82) is 0 Å². The fourth-order valence-corrected chi connectivity index (χ4v) is 3.41. The second-order valence-corrected chi connectivity index (χ2v) is 6.64. The van der Waals surface area contributed by atoms with Crippen LogP contribution in [0.4, 0.5) is 4.39 Å². The summed E-state index contributed by atoms with van der Waals surface area (Å²) in [4.78, 5) is 2.26. The number of fused-ring (bicyclic) bond motifs is 1. The minimum Gasteiger partial charge on any atom is -0.387 e. The third kappa shape index (κ3) is 3.27. The van der Waals surface area contributed by atoms with Crippen molar-refractivity contribution in [3.8, 4) is 5.69 Å². The molecule has 1 N–H and O–H groups in total. The summed E-state index contributed by atoms with van der Waals surface area (Å²) in [6, 6.07) is 8.63. The molecule has 0 bridgehead atoms. The fraction of sp³-hybridized carbons (Fsp3) is 0.368. The summed E-state index contributed by atoms with van der Waals surface area (Å²) in [5, 5.41) is 18.8. The molecule has 26 heavy (non-hydrogen) atoms. The molecule has 136 valence electrons. The Morgan fingerprint density at radius 1 is 1.27 bits per heavy atom. The van der Waals surface area contributed by atoms with E-state index in [2.05, 4.69) is 15.1 Å². The van der Waals surface area contributed by atoms with Crippen molar-refractivity contribution in [2.75, 3.05) is 6.54 Å². The van der Waals surface area contributed by atoms with Crippen molar-refractivity contribution in [3.63, 3.8) is 0 Å². The van der Waals surface area contributed by atoms with Gasteiger partial charge in [0, 0.05) is 32.0 Å². The van der Waals surface area contributed by atoms with Crippen molar-refractivity contribution >= 4 is 0 Å². The highest BCUT2D eigenvalue weighted by Gasteiger charge is 2.21. The molecule has 1 aromatic carbocycles. The number of rotatable bonds is 5. The zero-order chi connectivity index (χ0) is 18.1. The maximum Gasteiger partial charge on any atom is 0.123 e. The molecule has 0 spiro atoms. The zero-order valence-electron chi connectivity index (χ0n) is 14.7. The van der Waals surface area contributed by atoms with Crippen molar-refractivity contribution in [1.82, 2.24) is 24.5 Å².